The van der Waals surface area contributed by atoms with Crippen LogP contribution in [0.1, 0.15) is 16.1 Å². The Morgan fingerprint density at radius 3 is 2.45 bits per heavy atom. The molecule has 2 heterocycles. The van der Waals surface area contributed by atoms with Crippen molar-refractivity contribution in [2.24, 2.45) is 0 Å². The van der Waals surface area contributed by atoms with Gasteiger partial charge in [-0.3, -0.25) is 5.32 Å². The zero-order chi connectivity index (χ0) is 21.6. The van der Waals surface area contributed by atoms with Crippen LogP contribution in [0.3, 0.4) is 0 Å². The molecule has 0 spiro atoms. The number of carboxylic acids is 1. The Morgan fingerprint density at radius 1 is 0.903 bits per heavy atom. The van der Waals surface area contributed by atoms with Crippen LogP contribution >= 0.6 is 0 Å². The highest BCUT2D eigenvalue weighted by atomic mass is 16.5. The van der Waals surface area contributed by atoms with Crippen molar-refractivity contribution in [3.05, 3.63) is 90.4 Å². The van der Waals surface area contributed by atoms with Crippen LogP contribution in [0, 0.1) is 0 Å². The molecule has 8 nitrogen and oxygen atoms in total. The van der Waals surface area contributed by atoms with Crippen LogP contribution in [-0.2, 0) is 6.54 Å². The number of carbonyl (C=O) groups excluding carboxylic acids is 1. The van der Waals surface area contributed by atoms with E-state index in [1.165, 1.54) is 12.3 Å². The second kappa shape index (κ2) is 8.91. The Bertz CT molecular complexity index is 1240. The summed E-state index contributed by atoms with van der Waals surface area (Å²) in [6.07, 6.45) is 3.09. The molecule has 154 valence electrons. The van der Waals surface area contributed by atoms with Gasteiger partial charge >= 0.3 is 12.0 Å². The van der Waals surface area contributed by atoms with E-state index < -0.39 is 5.97 Å². The fourth-order valence-corrected chi connectivity index (χ4v) is 2.90. The predicted octanol–water partition coefficient (Wildman–Crippen LogP) is 4.44. The minimum absolute atomic E-state index is 0.0924. The third kappa shape index (κ3) is 5.13. The lowest BCUT2D eigenvalue weighted by Crippen LogP contribution is -2.28. The molecule has 8 heteroatoms. The topological polar surface area (TPSA) is 113 Å². The summed E-state index contributed by atoms with van der Waals surface area (Å²) >= 11 is 0. The van der Waals surface area contributed by atoms with E-state index >= 15 is 0 Å². The fourth-order valence-electron chi connectivity index (χ4n) is 2.90. The summed E-state index contributed by atoms with van der Waals surface area (Å²) in [5.74, 6) is 0.263. The van der Waals surface area contributed by atoms with E-state index in [4.69, 9.17) is 9.84 Å². The SMILES string of the molecule is O=C(NCc1ccc(Oc2ccnc(C(=O)O)c2)cc1)Nc1cc2ccccc2cn1. The van der Waals surface area contributed by atoms with Gasteiger partial charge in [0.25, 0.3) is 0 Å². The molecule has 0 saturated carbocycles. The number of ether oxygens (including phenoxy) is 1. The maximum Gasteiger partial charge on any atom is 0.354 e. The third-order valence-electron chi connectivity index (χ3n) is 4.44. The number of pyridine rings is 2. The molecule has 31 heavy (non-hydrogen) atoms. The first kappa shape index (κ1) is 19.8. The minimum Gasteiger partial charge on any atom is -0.477 e. The van der Waals surface area contributed by atoms with Crippen LogP contribution in [0.5, 0.6) is 11.5 Å². The summed E-state index contributed by atoms with van der Waals surface area (Å²) in [5.41, 5.74) is 0.778. The Morgan fingerprint density at radius 2 is 1.68 bits per heavy atom. The highest BCUT2D eigenvalue weighted by Gasteiger charge is 2.07. The van der Waals surface area contributed by atoms with Gasteiger partial charge in [-0.1, -0.05) is 36.4 Å². The van der Waals surface area contributed by atoms with Crippen LogP contribution < -0.4 is 15.4 Å². The quantitative estimate of drug-likeness (QED) is 0.430. The molecule has 0 atom stereocenters. The highest BCUT2D eigenvalue weighted by Crippen LogP contribution is 2.22. The molecule has 2 aromatic heterocycles. The van der Waals surface area contributed by atoms with Crippen molar-refractivity contribution in [2.45, 2.75) is 6.54 Å². The number of carbonyl (C=O) groups is 2. The highest BCUT2D eigenvalue weighted by molar-refractivity contribution is 5.91. The Kier molecular flexibility index (Phi) is 5.70. The molecule has 2 aromatic carbocycles. The van der Waals surface area contributed by atoms with Crippen molar-refractivity contribution in [1.82, 2.24) is 15.3 Å². The van der Waals surface area contributed by atoms with Gasteiger partial charge in [-0.25, -0.2) is 19.6 Å². The number of nitrogens with one attached hydrogen (secondary N) is 2. The molecule has 2 amide bonds. The average molecular weight is 414 g/mol. The zero-order valence-corrected chi connectivity index (χ0v) is 16.3. The van der Waals surface area contributed by atoms with Gasteiger partial charge in [0.05, 0.1) is 0 Å². The number of benzene rings is 2. The normalized spacial score (nSPS) is 10.5. The summed E-state index contributed by atoms with van der Waals surface area (Å²) in [6.45, 7) is 0.318. The average Bonchev–Trinajstić information content (AvgIpc) is 2.79. The number of hydrogen-bond acceptors (Lipinski definition) is 5. The minimum atomic E-state index is -1.12. The van der Waals surface area contributed by atoms with Crippen LogP contribution in [-0.4, -0.2) is 27.1 Å². The van der Waals surface area contributed by atoms with Gasteiger partial charge < -0.3 is 15.2 Å². The Balaban J connectivity index is 1.32. The number of anilines is 1. The second-order valence-corrected chi connectivity index (χ2v) is 6.65. The van der Waals surface area contributed by atoms with Crippen LogP contribution in [0.15, 0.2) is 79.1 Å². The van der Waals surface area contributed by atoms with Gasteiger partial charge in [-0.2, -0.15) is 0 Å². The van der Waals surface area contributed by atoms with Crippen LogP contribution in [0.2, 0.25) is 0 Å². The predicted molar refractivity (Wildman–Crippen MR) is 115 cm³/mol. The molecule has 0 bridgehead atoms. The molecule has 3 N–H and O–H groups in total. The second-order valence-electron chi connectivity index (χ2n) is 6.65. The number of rotatable bonds is 6. The Labute approximate surface area is 177 Å². The summed E-state index contributed by atoms with van der Waals surface area (Å²) in [5, 5.41) is 16.5. The number of nitrogens with zero attached hydrogens (tertiary/aromatic N) is 2. The largest absolute Gasteiger partial charge is 0.477 e. The smallest absolute Gasteiger partial charge is 0.354 e. The van der Waals surface area contributed by atoms with E-state index in [1.807, 2.05) is 42.5 Å². The van der Waals surface area contributed by atoms with E-state index in [2.05, 4.69) is 20.6 Å². The number of aromatic carboxylic acids is 1. The number of amides is 2. The Hall–Kier alpha value is -4.46. The van der Waals surface area contributed by atoms with Crippen LogP contribution in [0.25, 0.3) is 10.8 Å². The lowest BCUT2D eigenvalue weighted by Gasteiger charge is -2.09. The van der Waals surface area contributed by atoms with Crippen molar-refractivity contribution in [3.8, 4) is 11.5 Å². The van der Waals surface area contributed by atoms with E-state index in [0.717, 1.165) is 16.3 Å². The molecule has 0 aliphatic carbocycles. The van der Waals surface area contributed by atoms with Crippen molar-refractivity contribution in [1.29, 1.82) is 0 Å². The maximum absolute atomic E-state index is 12.2. The molecule has 4 rings (SSSR count). The summed E-state index contributed by atoms with van der Waals surface area (Å²) in [4.78, 5) is 31.2. The van der Waals surface area contributed by atoms with Crippen molar-refractivity contribution in [2.75, 3.05) is 5.32 Å². The fraction of sp³-hybridized carbons (Fsp3) is 0.0435. The maximum atomic E-state index is 12.2. The zero-order valence-electron chi connectivity index (χ0n) is 16.3. The molecule has 0 unspecified atom stereocenters. The first-order valence-corrected chi connectivity index (χ1v) is 9.42. The van der Waals surface area contributed by atoms with E-state index in [0.29, 0.717) is 23.9 Å². The van der Waals surface area contributed by atoms with E-state index in [1.54, 1.807) is 24.4 Å². The van der Waals surface area contributed by atoms with Crippen molar-refractivity contribution >= 4 is 28.6 Å². The monoisotopic (exact) mass is 414 g/mol. The molecule has 0 aliphatic rings. The molecule has 4 aromatic rings. The molecule has 0 aliphatic heterocycles. The van der Waals surface area contributed by atoms with Gasteiger partial charge in [-0.15, -0.1) is 0 Å². The summed E-state index contributed by atoms with van der Waals surface area (Å²) in [7, 11) is 0. The molecule has 0 fully saturated rings. The third-order valence-corrected chi connectivity index (χ3v) is 4.44. The first-order chi connectivity index (χ1) is 15.1. The number of aromatic nitrogens is 2. The molecular weight excluding hydrogens is 396 g/mol. The van der Waals surface area contributed by atoms with Gasteiger partial charge in [0.2, 0.25) is 0 Å². The standard InChI is InChI=1S/C23H18N4O4/c28-22(29)20-12-19(9-10-24-20)31-18-7-5-15(6-8-18)13-26-23(30)27-21-11-16-3-1-2-4-17(16)14-25-21/h1-12,14H,13H2,(H,28,29)(H2,25,26,27,30). The van der Waals surface area contributed by atoms with Gasteiger partial charge in [0, 0.05) is 30.4 Å². The summed E-state index contributed by atoms with van der Waals surface area (Å²) in [6, 6.07) is 19.3. The summed E-state index contributed by atoms with van der Waals surface area (Å²) < 4.78 is 5.65. The van der Waals surface area contributed by atoms with Gasteiger partial charge in [0.15, 0.2) is 5.69 Å². The molecule has 0 radical (unpaired) electrons. The van der Waals surface area contributed by atoms with Gasteiger partial charge in [0.1, 0.15) is 17.3 Å². The number of urea groups is 1. The first-order valence-electron chi connectivity index (χ1n) is 9.42. The molecular formula is C23H18N4O4. The van der Waals surface area contributed by atoms with E-state index in [9.17, 15) is 9.59 Å². The lowest BCUT2D eigenvalue weighted by atomic mass is 10.2. The van der Waals surface area contributed by atoms with Crippen molar-refractivity contribution in [3.63, 3.8) is 0 Å². The number of carboxylic acid groups (broad SMARTS) is 1. The number of fused-ring (bicyclic) bond motifs is 1. The molecule has 0 saturated heterocycles. The van der Waals surface area contributed by atoms with Crippen LogP contribution in [0.4, 0.5) is 10.6 Å². The van der Waals surface area contributed by atoms with E-state index in [-0.39, 0.29) is 11.7 Å². The lowest BCUT2D eigenvalue weighted by molar-refractivity contribution is 0.0690. The number of hydrogen-bond donors (Lipinski definition) is 3. The van der Waals surface area contributed by atoms with Gasteiger partial charge in [-0.05, 0) is 35.2 Å². The van der Waals surface area contributed by atoms with Crippen molar-refractivity contribution < 1.29 is 19.4 Å².